The van der Waals surface area contributed by atoms with Crippen LogP contribution in [-0.4, -0.2) is 14.7 Å². The number of hydrogen-bond donors (Lipinski definition) is 4. The Morgan fingerprint density at radius 2 is 1.25 bits per heavy atom. The van der Waals surface area contributed by atoms with E-state index in [0.717, 1.165) is 0 Å². The maximum absolute atomic E-state index is 10.5. The molecule has 0 saturated carbocycles. The van der Waals surface area contributed by atoms with Gasteiger partial charge in [0.25, 0.3) is 0 Å². The molecule has 12 heteroatoms. The van der Waals surface area contributed by atoms with E-state index in [1.807, 2.05) is 0 Å². The van der Waals surface area contributed by atoms with Crippen LogP contribution in [0.15, 0.2) is 0 Å². The van der Waals surface area contributed by atoms with Crippen LogP contribution in [0.25, 0.3) is 0 Å². The first-order chi connectivity index (χ1) is 5.12. The molecule has 0 aromatic rings. The quantitative estimate of drug-likeness (QED) is 0.453. The van der Waals surface area contributed by atoms with E-state index in [1.165, 1.54) is 0 Å². The van der Waals surface area contributed by atoms with Gasteiger partial charge in [-0.3, -0.25) is 0 Å². The van der Waals surface area contributed by atoms with E-state index < -0.39 is 23.4 Å². The van der Waals surface area contributed by atoms with Gasteiger partial charge in [-0.15, -0.1) is 0 Å². The second-order valence-electron chi connectivity index (χ2n) is 1.70. The summed E-state index contributed by atoms with van der Waals surface area (Å²) >= 11 is 0. The van der Waals surface area contributed by atoms with Gasteiger partial charge in [-0.25, -0.2) is 22.9 Å². The molecule has 0 aliphatic carbocycles. The summed E-state index contributed by atoms with van der Waals surface area (Å²) in [6.45, 7) is 0. The topological polar surface area (TPSA) is 146 Å². The van der Waals surface area contributed by atoms with Crippen molar-refractivity contribution in [2.75, 3.05) is 0 Å². The molecule has 1 saturated heterocycles. The number of hydrogen-bond acceptors (Lipinski definition) is 6. The Kier molecular flexibility index (Phi) is 2.38. The highest BCUT2D eigenvalue weighted by Crippen LogP contribution is 2.78. The Morgan fingerprint density at radius 3 is 1.50 bits per heavy atom. The molecular weight excluding hydrogens is 235 g/mol. The van der Waals surface area contributed by atoms with Gasteiger partial charge in [0.1, 0.15) is 0 Å². The normalized spacial score (nSPS) is 55.2. The zero-order valence-corrected chi connectivity index (χ0v) is 7.91. The first-order valence-electron chi connectivity index (χ1n) is 2.28. The van der Waals surface area contributed by atoms with Crippen LogP contribution in [0.2, 0.25) is 0 Å². The van der Waals surface area contributed by atoms with E-state index in [9.17, 15) is 9.13 Å². The summed E-state index contributed by atoms with van der Waals surface area (Å²) < 4.78 is 31.9. The Balaban J connectivity index is 3.05. The van der Waals surface area contributed by atoms with Crippen LogP contribution in [0.4, 0.5) is 0 Å². The van der Waals surface area contributed by atoms with Gasteiger partial charge in [-0.2, -0.15) is 4.31 Å². The van der Waals surface area contributed by atoms with Crippen molar-refractivity contribution >= 4 is 23.4 Å². The predicted octanol–water partition coefficient (Wildman–Crippen LogP) is 0.768. The lowest BCUT2D eigenvalue weighted by Crippen LogP contribution is -2.02. The van der Waals surface area contributed by atoms with Crippen LogP contribution in [0.5, 0.6) is 0 Å². The van der Waals surface area contributed by atoms with Crippen molar-refractivity contribution < 1.29 is 36.7 Å². The Bertz CT molecular complexity index is 259. The summed E-state index contributed by atoms with van der Waals surface area (Å²) in [5.41, 5.74) is 0. The van der Waals surface area contributed by atoms with Gasteiger partial charge in [-0.05, 0) is 0 Å². The van der Waals surface area contributed by atoms with Crippen molar-refractivity contribution in [2.45, 2.75) is 0 Å². The largest absolute Gasteiger partial charge is 0.488 e. The van der Waals surface area contributed by atoms with Crippen LogP contribution in [0.1, 0.15) is 0 Å². The molecule has 4 N–H and O–H groups in total. The average Bonchev–Trinajstić information content (AvgIpc) is 1.44. The molecule has 9 nitrogen and oxygen atoms in total. The maximum atomic E-state index is 10.5. The van der Waals surface area contributed by atoms with E-state index in [2.05, 4.69) is 12.9 Å². The fraction of sp³-hybridized carbons (Fsp3) is 0. The minimum absolute atomic E-state index is 3.52. The fourth-order valence-corrected chi connectivity index (χ4v) is 4.90. The molecule has 1 rings (SSSR count). The van der Waals surface area contributed by atoms with E-state index in [1.54, 1.807) is 0 Å². The van der Waals surface area contributed by atoms with Crippen molar-refractivity contribution in [3.05, 3.63) is 0 Å². The van der Waals surface area contributed by atoms with Crippen LogP contribution in [0.3, 0.4) is 0 Å². The number of nitrogens with one attached hydrogen (secondary N) is 1. The van der Waals surface area contributed by atoms with Crippen LogP contribution in [0, 0.1) is 5.16 Å². The molecule has 0 radical (unpaired) electrons. The number of rotatable bonds is 0. The van der Waals surface area contributed by atoms with E-state index in [4.69, 9.17) is 19.8 Å². The first kappa shape index (κ1) is 10.5. The van der Waals surface area contributed by atoms with Gasteiger partial charge in [0.05, 0.1) is 0 Å². The third-order valence-corrected chi connectivity index (χ3v) is 5.71. The lowest BCUT2D eigenvalue weighted by atomic mass is 14.0. The molecule has 0 spiro atoms. The average molecular weight is 239 g/mol. The molecule has 1 aliphatic rings. The van der Waals surface area contributed by atoms with Crippen LogP contribution in [-0.2, 0) is 22.1 Å². The van der Waals surface area contributed by atoms with Gasteiger partial charge < -0.3 is 14.7 Å². The van der Waals surface area contributed by atoms with Gasteiger partial charge in [0, 0.05) is 0 Å². The molecule has 0 aromatic carbocycles. The van der Waals surface area contributed by atoms with Crippen LogP contribution >= 0.6 is 23.4 Å². The van der Waals surface area contributed by atoms with E-state index in [0.29, 0.717) is 0 Å². The van der Waals surface area contributed by atoms with Gasteiger partial charge >= 0.3 is 23.4 Å². The smallest absolute Gasteiger partial charge is 0.318 e. The minimum Gasteiger partial charge on any atom is -0.318 e. The Morgan fingerprint density at radius 1 is 0.917 bits per heavy atom. The monoisotopic (exact) mass is 239 g/mol. The fourth-order valence-electron chi connectivity index (χ4n) is 0.455. The van der Waals surface area contributed by atoms with Crippen LogP contribution < -0.4 is 0 Å². The number of phosphoric acid groups is 2. The molecule has 0 bridgehead atoms. The summed E-state index contributed by atoms with van der Waals surface area (Å²) in [5, 5.41) is 6.62. The second-order valence-corrected chi connectivity index (χ2v) is 6.58. The highest BCUT2D eigenvalue weighted by Gasteiger charge is 2.49. The van der Waals surface area contributed by atoms with Gasteiger partial charge in [-0.1, -0.05) is 0 Å². The van der Waals surface area contributed by atoms with Crippen molar-refractivity contribution in [3.63, 3.8) is 0 Å². The van der Waals surface area contributed by atoms with Crippen molar-refractivity contribution in [3.8, 4) is 0 Å². The third-order valence-electron chi connectivity index (χ3n) is 0.634. The molecule has 2 unspecified atom stereocenters. The standard InChI is InChI=1S/H4NO8P3/c1-10(2)7-11(3,4)9-12(5,6)8-10/h(H2,1,2)(H,3,4)(H,5,6). The predicted molar refractivity (Wildman–Crippen MR) is 34.8 cm³/mol. The van der Waals surface area contributed by atoms with E-state index in [-0.39, 0.29) is 0 Å². The summed E-state index contributed by atoms with van der Waals surface area (Å²) in [7, 11) is -14.2. The zero-order chi connectivity index (χ0) is 9.62. The Labute approximate surface area is 66.2 Å². The lowest BCUT2D eigenvalue weighted by Gasteiger charge is -2.25. The van der Waals surface area contributed by atoms with Crippen molar-refractivity contribution in [2.24, 2.45) is 0 Å². The molecule has 1 aliphatic heterocycles. The molecule has 1 heterocycles. The SMILES string of the molecule is N=P1(O)OP(=O)(O)OP(=O)(O)O1. The first-order valence-corrected chi connectivity index (χ1v) is 6.85. The second kappa shape index (κ2) is 2.72. The zero-order valence-electron chi connectivity index (χ0n) is 5.22. The van der Waals surface area contributed by atoms with Crippen molar-refractivity contribution in [1.82, 2.24) is 0 Å². The maximum Gasteiger partial charge on any atom is 0.488 e. The molecule has 2 atom stereocenters. The van der Waals surface area contributed by atoms with Gasteiger partial charge in [0.2, 0.25) is 0 Å². The van der Waals surface area contributed by atoms with Gasteiger partial charge in [0.15, 0.2) is 0 Å². The van der Waals surface area contributed by atoms with Crippen molar-refractivity contribution in [1.29, 1.82) is 5.16 Å². The Hall–Kier alpha value is 0.450. The molecule has 0 aromatic heterocycles. The minimum atomic E-state index is -4.86. The summed E-state index contributed by atoms with van der Waals surface area (Å²) in [4.78, 5) is 25.6. The summed E-state index contributed by atoms with van der Waals surface area (Å²) in [6.07, 6.45) is 0. The molecule has 12 heavy (non-hydrogen) atoms. The molecule has 0 amide bonds. The summed E-state index contributed by atoms with van der Waals surface area (Å²) in [6, 6.07) is 0. The highest BCUT2D eigenvalue weighted by molar-refractivity contribution is 7.74. The lowest BCUT2D eigenvalue weighted by molar-refractivity contribution is 0.182. The highest BCUT2D eigenvalue weighted by atomic mass is 31.3. The summed E-state index contributed by atoms with van der Waals surface area (Å²) in [5.74, 6) is 0. The van der Waals surface area contributed by atoms with E-state index >= 15 is 0 Å². The molecule has 1 fully saturated rings. The molecular formula is H4NO8P3. The molecule has 72 valence electrons. The third kappa shape index (κ3) is 2.74.